The summed E-state index contributed by atoms with van der Waals surface area (Å²) >= 11 is 6.00. The van der Waals surface area contributed by atoms with Gasteiger partial charge in [-0.3, -0.25) is 0 Å². The topological polar surface area (TPSA) is 58.6 Å². The average molecular weight is 397 g/mol. The van der Waals surface area contributed by atoms with Crippen molar-refractivity contribution < 1.29 is 13.2 Å². The SMILES string of the molecule is CCN(CC)CCOc1ccccc1CNS(=O)(=O)c1ccccc1Cl. The van der Waals surface area contributed by atoms with Gasteiger partial charge >= 0.3 is 0 Å². The number of benzene rings is 2. The number of sulfonamides is 1. The summed E-state index contributed by atoms with van der Waals surface area (Å²) in [7, 11) is -3.69. The van der Waals surface area contributed by atoms with Crippen LogP contribution in [0, 0.1) is 0 Å². The molecule has 0 aromatic heterocycles. The summed E-state index contributed by atoms with van der Waals surface area (Å²) in [5.74, 6) is 0.682. The van der Waals surface area contributed by atoms with Crippen molar-refractivity contribution in [3.63, 3.8) is 0 Å². The molecule has 142 valence electrons. The van der Waals surface area contributed by atoms with Crippen molar-refractivity contribution in [3.8, 4) is 5.75 Å². The molecule has 0 aliphatic rings. The number of para-hydroxylation sites is 1. The lowest BCUT2D eigenvalue weighted by atomic mass is 10.2. The molecule has 26 heavy (non-hydrogen) atoms. The van der Waals surface area contributed by atoms with E-state index in [1.165, 1.54) is 6.07 Å². The molecule has 1 N–H and O–H groups in total. The van der Waals surface area contributed by atoms with E-state index in [2.05, 4.69) is 23.5 Å². The highest BCUT2D eigenvalue weighted by atomic mass is 35.5. The first-order valence-corrected chi connectivity index (χ1v) is 10.5. The van der Waals surface area contributed by atoms with Gasteiger partial charge in [-0.1, -0.05) is 55.8 Å². The molecule has 0 unspecified atom stereocenters. The Morgan fingerprint density at radius 2 is 1.69 bits per heavy atom. The largest absolute Gasteiger partial charge is 0.492 e. The van der Waals surface area contributed by atoms with Crippen molar-refractivity contribution in [3.05, 3.63) is 59.1 Å². The van der Waals surface area contributed by atoms with Crippen molar-refractivity contribution in [1.29, 1.82) is 0 Å². The minimum absolute atomic E-state index is 0.0709. The van der Waals surface area contributed by atoms with E-state index in [1.807, 2.05) is 24.3 Å². The minimum Gasteiger partial charge on any atom is -0.492 e. The number of nitrogens with zero attached hydrogens (tertiary/aromatic N) is 1. The van der Waals surface area contributed by atoms with Gasteiger partial charge in [-0.05, 0) is 31.3 Å². The van der Waals surface area contributed by atoms with Gasteiger partial charge in [0, 0.05) is 18.7 Å². The molecule has 7 heteroatoms. The lowest BCUT2D eigenvalue weighted by molar-refractivity contribution is 0.221. The van der Waals surface area contributed by atoms with Crippen molar-refractivity contribution >= 4 is 21.6 Å². The zero-order valence-corrected chi connectivity index (χ0v) is 16.7. The van der Waals surface area contributed by atoms with Gasteiger partial charge in [0.2, 0.25) is 10.0 Å². The zero-order valence-electron chi connectivity index (χ0n) is 15.1. The lowest BCUT2D eigenvalue weighted by Gasteiger charge is -2.19. The third-order valence-corrected chi connectivity index (χ3v) is 6.01. The first-order chi connectivity index (χ1) is 12.5. The Labute approximate surface area is 161 Å². The Morgan fingerprint density at radius 3 is 2.38 bits per heavy atom. The van der Waals surface area contributed by atoms with Crippen LogP contribution in [0.25, 0.3) is 0 Å². The molecular weight excluding hydrogens is 372 g/mol. The van der Waals surface area contributed by atoms with Gasteiger partial charge in [0.1, 0.15) is 17.3 Å². The summed E-state index contributed by atoms with van der Waals surface area (Å²) in [4.78, 5) is 2.34. The molecule has 0 aliphatic heterocycles. The highest BCUT2D eigenvalue weighted by Crippen LogP contribution is 2.22. The van der Waals surface area contributed by atoms with E-state index in [-0.39, 0.29) is 16.5 Å². The fourth-order valence-corrected chi connectivity index (χ4v) is 4.05. The van der Waals surface area contributed by atoms with Crippen LogP contribution in [-0.2, 0) is 16.6 Å². The summed E-state index contributed by atoms with van der Waals surface area (Å²) in [6.07, 6.45) is 0. The highest BCUT2D eigenvalue weighted by Gasteiger charge is 2.17. The van der Waals surface area contributed by atoms with Gasteiger partial charge in [-0.15, -0.1) is 0 Å². The molecule has 2 aromatic carbocycles. The molecule has 0 saturated carbocycles. The predicted octanol–water partition coefficient (Wildman–Crippen LogP) is 3.54. The summed E-state index contributed by atoms with van der Waals surface area (Å²) < 4.78 is 33.4. The summed E-state index contributed by atoms with van der Waals surface area (Å²) in [5, 5.41) is 0.198. The number of rotatable bonds is 10. The van der Waals surface area contributed by atoms with Crippen molar-refractivity contribution in [2.24, 2.45) is 0 Å². The Balaban J connectivity index is 2.03. The monoisotopic (exact) mass is 396 g/mol. The molecule has 2 rings (SSSR count). The molecule has 5 nitrogen and oxygen atoms in total. The molecule has 2 aromatic rings. The van der Waals surface area contributed by atoms with Crippen molar-refractivity contribution in [2.45, 2.75) is 25.3 Å². The van der Waals surface area contributed by atoms with Gasteiger partial charge in [-0.25, -0.2) is 13.1 Å². The Morgan fingerprint density at radius 1 is 1.04 bits per heavy atom. The standard InChI is InChI=1S/C19H25ClN2O3S/c1-3-22(4-2)13-14-25-18-11-7-5-9-16(18)15-21-26(23,24)19-12-8-6-10-17(19)20/h5-12,21H,3-4,13-15H2,1-2H3. The Bertz CT molecular complexity index is 808. The third-order valence-electron chi connectivity index (χ3n) is 4.11. The van der Waals surface area contributed by atoms with Crippen molar-refractivity contribution in [1.82, 2.24) is 9.62 Å². The second kappa shape index (κ2) is 9.92. The summed E-state index contributed by atoms with van der Waals surface area (Å²) in [6.45, 7) is 7.68. The highest BCUT2D eigenvalue weighted by molar-refractivity contribution is 7.89. The fourth-order valence-electron chi connectivity index (χ4n) is 2.53. The maximum Gasteiger partial charge on any atom is 0.242 e. The van der Waals surface area contributed by atoms with E-state index >= 15 is 0 Å². The van der Waals surface area contributed by atoms with E-state index < -0.39 is 10.0 Å². The second-order valence-electron chi connectivity index (χ2n) is 5.74. The maximum atomic E-state index is 12.5. The van der Waals surface area contributed by atoms with Gasteiger partial charge < -0.3 is 9.64 Å². The quantitative estimate of drug-likeness (QED) is 0.667. The van der Waals surface area contributed by atoms with Crippen LogP contribution in [0.5, 0.6) is 5.75 Å². The van der Waals surface area contributed by atoms with Crippen LogP contribution in [0.4, 0.5) is 0 Å². The molecule has 0 fully saturated rings. The fraction of sp³-hybridized carbons (Fsp3) is 0.368. The van der Waals surface area contributed by atoms with Gasteiger partial charge in [-0.2, -0.15) is 0 Å². The van der Waals surface area contributed by atoms with Crippen LogP contribution in [0.3, 0.4) is 0 Å². The van der Waals surface area contributed by atoms with Crippen LogP contribution in [0.2, 0.25) is 5.02 Å². The Hall–Kier alpha value is -1.60. The molecule has 0 radical (unpaired) electrons. The number of ether oxygens (including phenoxy) is 1. The maximum absolute atomic E-state index is 12.5. The van der Waals surface area contributed by atoms with Crippen LogP contribution in [0.1, 0.15) is 19.4 Å². The van der Waals surface area contributed by atoms with Gasteiger partial charge in [0.05, 0.1) is 5.02 Å². The number of nitrogens with one attached hydrogen (secondary N) is 1. The Kier molecular flexibility index (Phi) is 7.90. The van der Waals surface area contributed by atoms with E-state index in [1.54, 1.807) is 18.2 Å². The molecular formula is C19H25ClN2O3S. The van der Waals surface area contributed by atoms with Gasteiger partial charge in [0.15, 0.2) is 0 Å². The minimum atomic E-state index is -3.69. The van der Waals surface area contributed by atoms with E-state index in [4.69, 9.17) is 16.3 Å². The van der Waals surface area contributed by atoms with Gasteiger partial charge in [0.25, 0.3) is 0 Å². The number of likely N-dealkylation sites (N-methyl/N-ethyl adjacent to an activating group) is 1. The molecule has 0 aliphatic carbocycles. The number of halogens is 1. The zero-order chi connectivity index (χ0) is 19.0. The van der Waals surface area contributed by atoms with Crippen molar-refractivity contribution in [2.75, 3.05) is 26.2 Å². The molecule has 0 spiro atoms. The summed E-state index contributed by atoms with van der Waals surface area (Å²) in [5.41, 5.74) is 0.780. The van der Waals surface area contributed by atoms with E-state index in [0.29, 0.717) is 12.4 Å². The summed E-state index contributed by atoms with van der Waals surface area (Å²) in [6, 6.07) is 13.8. The second-order valence-corrected chi connectivity index (χ2v) is 7.88. The predicted molar refractivity (Wildman–Crippen MR) is 105 cm³/mol. The molecule has 0 saturated heterocycles. The van der Waals surface area contributed by atoms with E-state index in [9.17, 15) is 8.42 Å². The molecule has 0 heterocycles. The normalized spacial score (nSPS) is 11.7. The molecule has 0 amide bonds. The third kappa shape index (κ3) is 5.71. The van der Waals surface area contributed by atoms with Crippen LogP contribution in [0.15, 0.2) is 53.4 Å². The number of hydrogen-bond acceptors (Lipinski definition) is 4. The van der Waals surface area contributed by atoms with E-state index in [0.717, 1.165) is 25.2 Å². The molecule has 0 atom stereocenters. The molecule has 0 bridgehead atoms. The number of hydrogen-bond donors (Lipinski definition) is 1. The lowest BCUT2D eigenvalue weighted by Crippen LogP contribution is -2.28. The first kappa shape index (κ1) is 20.7. The smallest absolute Gasteiger partial charge is 0.242 e. The van der Waals surface area contributed by atoms with Crippen LogP contribution in [-0.4, -0.2) is 39.6 Å². The average Bonchev–Trinajstić information content (AvgIpc) is 2.64. The first-order valence-electron chi connectivity index (χ1n) is 8.65. The van der Waals surface area contributed by atoms with Crippen LogP contribution < -0.4 is 9.46 Å². The van der Waals surface area contributed by atoms with Crippen LogP contribution >= 0.6 is 11.6 Å².